The maximum atomic E-state index is 12.2. The van der Waals surface area contributed by atoms with E-state index in [0.29, 0.717) is 5.01 Å². The number of hydrogen-bond acceptors (Lipinski definition) is 6. The second-order valence-electron chi connectivity index (χ2n) is 5.70. The molecule has 25 heavy (non-hydrogen) atoms. The van der Waals surface area contributed by atoms with E-state index in [1.807, 2.05) is 30.3 Å². The number of hydrogen-bond donors (Lipinski definition) is 1. The van der Waals surface area contributed by atoms with Crippen LogP contribution in [0.5, 0.6) is 0 Å². The van der Waals surface area contributed by atoms with Crippen molar-refractivity contribution in [1.29, 1.82) is 0 Å². The van der Waals surface area contributed by atoms with Crippen molar-refractivity contribution in [3.05, 3.63) is 58.6 Å². The molecule has 0 aliphatic heterocycles. The summed E-state index contributed by atoms with van der Waals surface area (Å²) in [5.74, 6) is -0.372. The quantitative estimate of drug-likeness (QED) is 0.711. The van der Waals surface area contributed by atoms with Crippen molar-refractivity contribution < 1.29 is 4.79 Å². The minimum absolute atomic E-state index is 0.157. The number of benzene rings is 1. The van der Waals surface area contributed by atoms with Crippen LogP contribution in [0.25, 0.3) is 15.4 Å². The molecule has 0 unspecified atom stereocenters. The van der Waals surface area contributed by atoms with Crippen molar-refractivity contribution in [2.75, 3.05) is 0 Å². The van der Waals surface area contributed by atoms with Crippen LogP contribution in [-0.4, -0.2) is 31.1 Å². The van der Waals surface area contributed by atoms with Gasteiger partial charge in [0.2, 0.25) is 0 Å². The van der Waals surface area contributed by atoms with Gasteiger partial charge in [0.05, 0.1) is 12.7 Å². The van der Waals surface area contributed by atoms with Gasteiger partial charge in [0, 0.05) is 19.4 Å². The van der Waals surface area contributed by atoms with Crippen molar-refractivity contribution in [2.45, 2.75) is 26.1 Å². The fourth-order valence-electron chi connectivity index (χ4n) is 1.96. The van der Waals surface area contributed by atoms with Crippen LogP contribution in [0.2, 0.25) is 0 Å². The molecule has 1 aromatic carbocycles. The molecule has 1 N–H and O–H groups in total. The second kappa shape index (κ2) is 6.78. The summed E-state index contributed by atoms with van der Waals surface area (Å²) < 4.78 is 1.37. The Balaban J connectivity index is 1.64. The molecule has 9 heteroatoms. The van der Waals surface area contributed by atoms with Gasteiger partial charge in [-0.2, -0.15) is 4.68 Å². The lowest BCUT2D eigenvalue weighted by molar-refractivity contribution is 0.0945. The number of nitrogens with one attached hydrogen (secondary N) is 1. The Labute approximate surface area is 148 Å². The molecule has 0 aliphatic rings. The van der Waals surface area contributed by atoms with E-state index in [2.05, 4.69) is 30.7 Å². The van der Waals surface area contributed by atoms with Gasteiger partial charge in [-0.1, -0.05) is 46.9 Å². The summed E-state index contributed by atoms with van der Waals surface area (Å²) in [7, 11) is 0. The maximum absolute atomic E-state index is 12.2. The van der Waals surface area contributed by atoms with Crippen molar-refractivity contribution in [1.82, 2.24) is 30.5 Å². The van der Waals surface area contributed by atoms with E-state index in [1.54, 1.807) is 13.8 Å². The maximum Gasteiger partial charge on any atom is 0.321 e. The molecule has 3 rings (SSSR count). The molecule has 8 nitrogen and oxygen atoms in total. The van der Waals surface area contributed by atoms with Gasteiger partial charge in [-0.25, -0.2) is 6.57 Å². The summed E-state index contributed by atoms with van der Waals surface area (Å²) in [5.41, 5.74) is 0.265. The van der Waals surface area contributed by atoms with Crippen molar-refractivity contribution in [3.63, 3.8) is 0 Å². The Morgan fingerprint density at radius 1 is 1.28 bits per heavy atom. The minimum Gasteiger partial charge on any atom is -0.344 e. The van der Waals surface area contributed by atoms with Gasteiger partial charge in [-0.3, -0.25) is 9.64 Å². The number of rotatable bonds is 5. The van der Waals surface area contributed by atoms with Crippen molar-refractivity contribution in [3.8, 4) is 10.6 Å². The fourth-order valence-corrected chi connectivity index (χ4v) is 2.74. The standard InChI is InChI=1S/C16H15N7OS/c1-16(2,17-3)23-10-12(19-22-23)14(24)18-9-13-20-21-15(25-13)11-7-5-4-6-8-11/h4-8,10H,9H2,1-2H3,(H,18,24). The summed E-state index contributed by atoms with van der Waals surface area (Å²) in [6, 6.07) is 9.73. The van der Waals surface area contributed by atoms with Crippen LogP contribution < -0.4 is 5.32 Å². The predicted octanol–water partition coefficient (Wildman–Crippen LogP) is 2.34. The number of amides is 1. The lowest BCUT2D eigenvalue weighted by Crippen LogP contribution is -2.24. The molecule has 0 spiro atoms. The van der Waals surface area contributed by atoms with Gasteiger partial charge in [-0.15, -0.1) is 15.3 Å². The predicted molar refractivity (Wildman–Crippen MR) is 92.5 cm³/mol. The Bertz CT molecular complexity index is 923. The number of carbonyl (C=O) groups is 1. The van der Waals surface area contributed by atoms with Gasteiger partial charge < -0.3 is 5.32 Å². The molecule has 2 heterocycles. The van der Waals surface area contributed by atoms with Crippen LogP contribution in [0, 0.1) is 6.57 Å². The number of nitrogens with zero attached hydrogens (tertiary/aromatic N) is 6. The molecule has 1 amide bonds. The molecule has 126 valence electrons. The lowest BCUT2D eigenvalue weighted by atomic mass is 10.2. The van der Waals surface area contributed by atoms with Crippen LogP contribution in [0.4, 0.5) is 0 Å². The molecule has 0 fully saturated rings. The minimum atomic E-state index is -0.880. The zero-order chi connectivity index (χ0) is 17.9. The van der Waals surface area contributed by atoms with E-state index in [0.717, 1.165) is 10.6 Å². The summed E-state index contributed by atoms with van der Waals surface area (Å²) in [6.07, 6.45) is 1.46. The molecule has 0 atom stereocenters. The van der Waals surface area contributed by atoms with Crippen LogP contribution in [0.3, 0.4) is 0 Å². The van der Waals surface area contributed by atoms with E-state index in [9.17, 15) is 4.79 Å². The van der Waals surface area contributed by atoms with Gasteiger partial charge >= 0.3 is 5.66 Å². The normalized spacial score (nSPS) is 11.1. The summed E-state index contributed by atoms with van der Waals surface area (Å²) in [6.45, 7) is 10.8. The highest BCUT2D eigenvalue weighted by molar-refractivity contribution is 7.14. The van der Waals surface area contributed by atoms with E-state index >= 15 is 0 Å². The highest BCUT2D eigenvalue weighted by atomic mass is 32.1. The zero-order valence-electron chi connectivity index (χ0n) is 13.7. The second-order valence-corrected chi connectivity index (χ2v) is 6.77. The van der Waals surface area contributed by atoms with Crippen LogP contribution in [-0.2, 0) is 12.2 Å². The monoisotopic (exact) mass is 353 g/mol. The molecule has 0 saturated carbocycles. The Morgan fingerprint density at radius 2 is 2.04 bits per heavy atom. The van der Waals surface area contributed by atoms with Crippen LogP contribution in [0.1, 0.15) is 29.3 Å². The van der Waals surface area contributed by atoms with Gasteiger partial charge in [0.1, 0.15) is 10.0 Å². The van der Waals surface area contributed by atoms with E-state index < -0.39 is 5.66 Å². The Morgan fingerprint density at radius 3 is 2.76 bits per heavy atom. The number of carbonyl (C=O) groups excluding carboxylic acids is 1. The average molecular weight is 353 g/mol. The molecule has 0 aliphatic carbocycles. The highest BCUT2D eigenvalue weighted by Gasteiger charge is 2.28. The first-order valence-electron chi connectivity index (χ1n) is 7.47. The molecule has 3 aromatic rings. The van der Waals surface area contributed by atoms with Crippen molar-refractivity contribution in [2.24, 2.45) is 0 Å². The first-order chi connectivity index (χ1) is 12.0. The van der Waals surface area contributed by atoms with E-state index in [-0.39, 0.29) is 18.1 Å². The molecule has 0 radical (unpaired) electrons. The summed E-state index contributed by atoms with van der Waals surface area (Å²) >= 11 is 1.42. The SMILES string of the molecule is [C-]#[N+]C(C)(C)n1cc(C(=O)NCc2nnc(-c3ccccc3)s2)nn1. The van der Waals surface area contributed by atoms with E-state index in [4.69, 9.17) is 6.57 Å². The van der Waals surface area contributed by atoms with Crippen molar-refractivity contribution >= 4 is 17.2 Å². The third-order valence-corrected chi connectivity index (χ3v) is 4.42. The van der Waals surface area contributed by atoms with Gasteiger partial charge in [0.15, 0.2) is 5.69 Å². The zero-order valence-corrected chi connectivity index (χ0v) is 14.5. The summed E-state index contributed by atoms with van der Waals surface area (Å²) in [4.78, 5) is 15.6. The average Bonchev–Trinajstić information content (AvgIpc) is 3.30. The Kier molecular flexibility index (Phi) is 4.54. The smallest absolute Gasteiger partial charge is 0.321 e. The van der Waals surface area contributed by atoms with Crippen LogP contribution in [0.15, 0.2) is 36.5 Å². The summed E-state index contributed by atoms with van der Waals surface area (Å²) in [5, 5.41) is 20.1. The molecule has 0 bridgehead atoms. The number of aromatic nitrogens is 5. The third kappa shape index (κ3) is 3.70. The molecule has 2 aromatic heterocycles. The van der Waals surface area contributed by atoms with E-state index in [1.165, 1.54) is 22.2 Å². The third-order valence-electron chi connectivity index (χ3n) is 3.45. The largest absolute Gasteiger partial charge is 0.344 e. The topological polar surface area (TPSA) is 90.0 Å². The lowest BCUT2D eigenvalue weighted by Gasteiger charge is -2.09. The highest BCUT2D eigenvalue weighted by Crippen LogP contribution is 2.22. The van der Waals surface area contributed by atoms with Gasteiger partial charge in [0.25, 0.3) is 5.91 Å². The van der Waals surface area contributed by atoms with Crippen LogP contribution >= 0.6 is 11.3 Å². The first kappa shape index (κ1) is 16.7. The van der Waals surface area contributed by atoms with Gasteiger partial charge in [-0.05, 0) is 0 Å². The molecule has 0 saturated heterocycles. The molecular weight excluding hydrogens is 338 g/mol. The Hall–Kier alpha value is -3.12. The molecular formula is C16H15N7OS. The fraction of sp³-hybridized carbons (Fsp3) is 0.250. The first-order valence-corrected chi connectivity index (χ1v) is 8.29.